The molecule has 0 spiro atoms. The number of nitrogens with zero attached hydrogens (tertiary/aromatic N) is 1. The number of nitrogens with one attached hydrogen (secondary N) is 1. The van der Waals surface area contributed by atoms with Crippen LogP contribution >= 0.6 is 34.8 Å². The average molecular weight is 346 g/mol. The van der Waals surface area contributed by atoms with E-state index in [9.17, 15) is 8.42 Å². The molecule has 0 bridgehead atoms. The Morgan fingerprint density at radius 3 is 2.21 bits per heavy atom. The summed E-state index contributed by atoms with van der Waals surface area (Å²) in [5.41, 5.74) is 0. The van der Waals surface area contributed by atoms with Gasteiger partial charge in [0.05, 0.1) is 10.0 Å². The van der Waals surface area contributed by atoms with Crippen LogP contribution < -0.4 is 5.32 Å². The second kappa shape index (κ2) is 7.11. The molecule has 0 saturated carbocycles. The molecule has 4 nitrogen and oxygen atoms in total. The molecule has 0 fully saturated rings. The maximum Gasteiger partial charge on any atom is 0.245 e. The Bertz CT molecular complexity index is 526. The van der Waals surface area contributed by atoms with E-state index in [0.717, 1.165) is 6.54 Å². The highest BCUT2D eigenvalue weighted by Crippen LogP contribution is 2.34. The minimum Gasteiger partial charge on any atom is -0.320 e. The zero-order chi connectivity index (χ0) is 14.6. The molecule has 0 amide bonds. The van der Waals surface area contributed by atoms with E-state index in [0.29, 0.717) is 18.0 Å². The van der Waals surface area contributed by atoms with Crippen molar-refractivity contribution in [2.75, 3.05) is 27.2 Å². The van der Waals surface area contributed by atoms with Gasteiger partial charge in [0.15, 0.2) is 0 Å². The molecule has 0 aliphatic rings. The van der Waals surface area contributed by atoms with Crippen LogP contribution in [0.3, 0.4) is 0 Å². The van der Waals surface area contributed by atoms with Crippen molar-refractivity contribution >= 4 is 44.8 Å². The second-order valence-electron chi connectivity index (χ2n) is 3.98. The van der Waals surface area contributed by atoms with Crippen molar-refractivity contribution in [3.63, 3.8) is 0 Å². The lowest BCUT2D eigenvalue weighted by Crippen LogP contribution is -2.30. The quantitative estimate of drug-likeness (QED) is 0.807. The summed E-state index contributed by atoms with van der Waals surface area (Å²) in [5, 5.41) is 3.30. The van der Waals surface area contributed by atoms with Crippen LogP contribution in [0.1, 0.15) is 6.42 Å². The molecule has 0 atom stereocenters. The molecular weight excluding hydrogens is 331 g/mol. The highest BCUT2D eigenvalue weighted by molar-refractivity contribution is 7.89. The van der Waals surface area contributed by atoms with Gasteiger partial charge in [-0.05, 0) is 32.1 Å². The maximum absolute atomic E-state index is 12.4. The van der Waals surface area contributed by atoms with Gasteiger partial charge in [-0.25, -0.2) is 12.7 Å². The fraction of sp³-hybridized carbons (Fsp3) is 0.455. The third-order valence-electron chi connectivity index (χ3n) is 2.53. The van der Waals surface area contributed by atoms with Crippen LogP contribution in [0.4, 0.5) is 0 Å². The molecule has 8 heteroatoms. The van der Waals surface area contributed by atoms with Gasteiger partial charge in [0.1, 0.15) is 4.90 Å². The summed E-state index contributed by atoms with van der Waals surface area (Å²) in [6.45, 7) is 1.10. The zero-order valence-electron chi connectivity index (χ0n) is 10.6. The van der Waals surface area contributed by atoms with Crippen molar-refractivity contribution in [2.45, 2.75) is 11.3 Å². The molecule has 0 unspecified atom stereocenters. The Morgan fingerprint density at radius 1 is 1.21 bits per heavy atom. The Labute approximate surface area is 128 Å². The van der Waals surface area contributed by atoms with Crippen LogP contribution in [-0.4, -0.2) is 39.9 Å². The minimum absolute atomic E-state index is 0.0259. The lowest BCUT2D eigenvalue weighted by molar-refractivity contribution is 0.458. The molecule has 0 radical (unpaired) electrons. The highest BCUT2D eigenvalue weighted by Gasteiger charge is 2.26. The van der Waals surface area contributed by atoms with E-state index in [1.165, 1.54) is 23.5 Å². The van der Waals surface area contributed by atoms with E-state index in [4.69, 9.17) is 34.8 Å². The topological polar surface area (TPSA) is 49.4 Å². The van der Waals surface area contributed by atoms with Gasteiger partial charge in [0.2, 0.25) is 10.0 Å². The molecular formula is C11H15Cl3N2O2S. The third-order valence-corrected chi connectivity index (χ3v) is 5.53. The van der Waals surface area contributed by atoms with Crippen LogP contribution in [0.5, 0.6) is 0 Å². The van der Waals surface area contributed by atoms with Crippen molar-refractivity contribution in [3.8, 4) is 0 Å². The molecule has 0 aliphatic heterocycles. The first-order chi connectivity index (χ1) is 8.80. The number of hydrogen-bond donors (Lipinski definition) is 1. The molecule has 108 valence electrons. The predicted octanol–water partition coefficient (Wildman–Crippen LogP) is 2.88. The van der Waals surface area contributed by atoms with Crippen molar-refractivity contribution in [3.05, 3.63) is 27.2 Å². The maximum atomic E-state index is 12.4. The van der Waals surface area contributed by atoms with Crippen LogP contribution in [0, 0.1) is 0 Å². The van der Waals surface area contributed by atoms with Crippen molar-refractivity contribution in [1.82, 2.24) is 9.62 Å². The Balaban J connectivity index is 3.07. The predicted molar refractivity (Wildman–Crippen MR) is 79.8 cm³/mol. The zero-order valence-corrected chi connectivity index (χ0v) is 13.7. The minimum atomic E-state index is -3.71. The highest BCUT2D eigenvalue weighted by atomic mass is 35.5. The van der Waals surface area contributed by atoms with Crippen molar-refractivity contribution in [1.29, 1.82) is 0 Å². The second-order valence-corrected chi connectivity index (χ2v) is 7.21. The Hall–Kier alpha value is -0.0400. The van der Waals surface area contributed by atoms with Gasteiger partial charge in [0.25, 0.3) is 0 Å². The molecule has 1 aromatic carbocycles. The van der Waals surface area contributed by atoms with Crippen LogP contribution in [0.25, 0.3) is 0 Å². The van der Waals surface area contributed by atoms with Crippen molar-refractivity contribution < 1.29 is 8.42 Å². The van der Waals surface area contributed by atoms with Gasteiger partial charge < -0.3 is 5.32 Å². The standard InChI is InChI=1S/C11H15Cl3N2O2S/c1-15-4-3-5-16(2)19(17,18)11-9(13)6-8(12)7-10(11)14/h6-7,15H,3-5H2,1-2H3. The van der Waals surface area contributed by atoms with E-state index in [1.807, 2.05) is 0 Å². The van der Waals surface area contributed by atoms with Gasteiger partial charge in [-0.1, -0.05) is 34.8 Å². The first kappa shape index (κ1) is 17.0. The van der Waals surface area contributed by atoms with E-state index < -0.39 is 10.0 Å². The number of hydrogen-bond acceptors (Lipinski definition) is 3. The first-order valence-electron chi connectivity index (χ1n) is 5.56. The van der Waals surface area contributed by atoms with E-state index in [1.54, 1.807) is 7.05 Å². The summed E-state index contributed by atoms with van der Waals surface area (Å²) >= 11 is 17.6. The normalized spacial score (nSPS) is 12.1. The van der Waals surface area contributed by atoms with Gasteiger partial charge in [-0.15, -0.1) is 0 Å². The lowest BCUT2D eigenvalue weighted by Gasteiger charge is -2.19. The first-order valence-corrected chi connectivity index (χ1v) is 8.13. The Morgan fingerprint density at radius 2 is 1.74 bits per heavy atom. The monoisotopic (exact) mass is 344 g/mol. The van der Waals surface area contributed by atoms with E-state index in [-0.39, 0.29) is 14.9 Å². The molecule has 0 aromatic heterocycles. The average Bonchev–Trinajstić information content (AvgIpc) is 2.27. The summed E-state index contributed by atoms with van der Waals surface area (Å²) in [6, 6.07) is 2.73. The SMILES string of the molecule is CNCCCN(C)S(=O)(=O)c1c(Cl)cc(Cl)cc1Cl. The molecule has 1 N–H and O–H groups in total. The molecule has 19 heavy (non-hydrogen) atoms. The number of benzene rings is 1. The molecule has 0 heterocycles. The molecule has 1 aromatic rings. The fourth-order valence-corrected chi connectivity index (χ4v) is 4.22. The summed E-state index contributed by atoms with van der Waals surface area (Å²) in [4.78, 5) is -0.104. The lowest BCUT2D eigenvalue weighted by atomic mass is 10.4. The molecule has 0 aliphatic carbocycles. The molecule has 1 rings (SSSR count). The van der Waals surface area contributed by atoms with E-state index >= 15 is 0 Å². The Kier molecular flexibility index (Phi) is 6.36. The third kappa shape index (κ3) is 4.21. The van der Waals surface area contributed by atoms with Crippen molar-refractivity contribution in [2.24, 2.45) is 0 Å². The van der Waals surface area contributed by atoms with Crippen LogP contribution in [0.2, 0.25) is 15.1 Å². The number of sulfonamides is 1. The largest absolute Gasteiger partial charge is 0.320 e. The van der Waals surface area contributed by atoms with Gasteiger partial charge in [0, 0.05) is 18.6 Å². The smallest absolute Gasteiger partial charge is 0.245 e. The van der Waals surface area contributed by atoms with Gasteiger partial charge >= 0.3 is 0 Å². The van der Waals surface area contributed by atoms with Gasteiger partial charge in [-0.3, -0.25) is 0 Å². The summed E-state index contributed by atoms with van der Waals surface area (Å²) in [6.07, 6.45) is 0.690. The summed E-state index contributed by atoms with van der Waals surface area (Å²) in [7, 11) is -0.415. The summed E-state index contributed by atoms with van der Waals surface area (Å²) in [5.74, 6) is 0. The van der Waals surface area contributed by atoms with Gasteiger partial charge in [-0.2, -0.15) is 0 Å². The van der Waals surface area contributed by atoms with Crippen LogP contribution in [-0.2, 0) is 10.0 Å². The van der Waals surface area contributed by atoms with Crippen LogP contribution in [0.15, 0.2) is 17.0 Å². The molecule has 0 saturated heterocycles. The van der Waals surface area contributed by atoms with E-state index in [2.05, 4.69) is 5.32 Å². The fourth-order valence-electron chi connectivity index (χ4n) is 1.53. The number of rotatable bonds is 6. The summed E-state index contributed by atoms with van der Waals surface area (Å²) < 4.78 is 26.0. The number of halogens is 3.